The number of unbranched alkanes of at least 4 members (excludes halogenated alkanes) is 2. The highest BCUT2D eigenvalue weighted by Gasteiger charge is 2.31. The zero-order valence-corrected chi connectivity index (χ0v) is 11.8. The van der Waals surface area contributed by atoms with Gasteiger partial charge in [-0.1, -0.05) is 13.3 Å². The van der Waals surface area contributed by atoms with Crippen LogP contribution in [0.4, 0.5) is 4.39 Å². The van der Waals surface area contributed by atoms with Gasteiger partial charge in [-0.3, -0.25) is 9.29 Å². The van der Waals surface area contributed by atoms with E-state index in [1.165, 1.54) is 12.8 Å². The summed E-state index contributed by atoms with van der Waals surface area (Å²) in [6.07, 6.45) is 5.41. The summed E-state index contributed by atoms with van der Waals surface area (Å²) >= 11 is 0. The first-order chi connectivity index (χ1) is 8.09. The predicted octanol–water partition coefficient (Wildman–Crippen LogP) is 2.98. The van der Waals surface area contributed by atoms with Gasteiger partial charge in [-0.2, -0.15) is 0 Å². The Bertz CT molecular complexity index is 206. The quantitative estimate of drug-likeness (QED) is 0.693. The van der Waals surface area contributed by atoms with Gasteiger partial charge in [0.1, 0.15) is 0 Å². The van der Waals surface area contributed by atoms with E-state index in [4.69, 9.17) is 0 Å². The predicted molar refractivity (Wildman–Crippen MR) is 72.2 cm³/mol. The highest BCUT2D eigenvalue weighted by atomic mass is 19.1. The molecule has 1 N–H and O–H groups in total. The molecule has 0 spiro atoms. The lowest BCUT2D eigenvalue weighted by Crippen LogP contribution is -2.61. The van der Waals surface area contributed by atoms with Gasteiger partial charge in [0.2, 0.25) is 0 Å². The van der Waals surface area contributed by atoms with Gasteiger partial charge in [-0.25, -0.2) is 0 Å². The standard InChI is InChI=1S/C14H29FN2/c1-4-8-13-11-16-14(2,3)12-17(13)10-7-5-6-9-15/h13,16H,4-12H2,1-3H3. The number of rotatable bonds is 7. The van der Waals surface area contributed by atoms with E-state index in [1.54, 1.807) is 0 Å². The second kappa shape index (κ2) is 7.32. The molecular weight excluding hydrogens is 215 g/mol. The van der Waals surface area contributed by atoms with Crippen LogP contribution in [0.2, 0.25) is 0 Å². The van der Waals surface area contributed by atoms with Gasteiger partial charge < -0.3 is 5.32 Å². The SMILES string of the molecule is CCCC1CNC(C)(C)CN1CCCCCF. The zero-order valence-electron chi connectivity index (χ0n) is 11.8. The van der Waals surface area contributed by atoms with Gasteiger partial charge in [0.15, 0.2) is 0 Å². The molecule has 1 aliphatic rings. The lowest BCUT2D eigenvalue weighted by molar-refractivity contribution is 0.0875. The first kappa shape index (κ1) is 14.9. The molecule has 1 unspecified atom stereocenters. The van der Waals surface area contributed by atoms with Crippen LogP contribution in [0.15, 0.2) is 0 Å². The zero-order chi connectivity index (χ0) is 12.7. The van der Waals surface area contributed by atoms with Crippen LogP contribution in [0.5, 0.6) is 0 Å². The van der Waals surface area contributed by atoms with Crippen LogP contribution >= 0.6 is 0 Å². The summed E-state index contributed by atoms with van der Waals surface area (Å²) < 4.78 is 12.1. The smallest absolute Gasteiger partial charge is 0.0894 e. The maximum Gasteiger partial charge on any atom is 0.0894 e. The van der Waals surface area contributed by atoms with Crippen LogP contribution < -0.4 is 5.32 Å². The first-order valence-corrected chi connectivity index (χ1v) is 7.14. The van der Waals surface area contributed by atoms with Crippen molar-refractivity contribution in [3.05, 3.63) is 0 Å². The van der Waals surface area contributed by atoms with Gasteiger partial charge in [-0.05, 0) is 46.1 Å². The monoisotopic (exact) mass is 244 g/mol. The molecule has 3 heteroatoms. The van der Waals surface area contributed by atoms with E-state index in [2.05, 4.69) is 31.0 Å². The Kier molecular flexibility index (Phi) is 6.42. The maximum absolute atomic E-state index is 12.1. The van der Waals surface area contributed by atoms with Crippen molar-refractivity contribution in [1.29, 1.82) is 0 Å². The Labute approximate surface area is 106 Å². The minimum absolute atomic E-state index is 0.161. The largest absolute Gasteiger partial charge is 0.309 e. The van der Waals surface area contributed by atoms with Gasteiger partial charge in [0.05, 0.1) is 6.67 Å². The second-order valence-electron chi connectivity index (χ2n) is 5.93. The van der Waals surface area contributed by atoms with Crippen molar-refractivity contribution < 1.29 is 4.39 Å². The molecule has 1 fully saturated rings. The van der Waals surface area contributed by atoms with Crippen LogP contribution in [0.25, 0.3) is 0 Å². The number of nitrogens with zero attached hydrogens (tertiary/aromatic N) is 1. The van der Waals surface area contributed by atoms with E-state index in [1.807, 2.05) is 0 Å². The molecule has 1 saturated heterocycles. The molecule has 0 aromatic heterocycles. The summed E-state index contributed by atoms with van der Waals surface area (Å²) in [4.78, 5) is 2.61. The number of alkyl halides is 1. The molecule has 1 rings (SSSR count). The molecular formula is C14H29FN2. The molecule has 17 heavy (non-hydrogen) atoms. The molecule has 0 saturated carbocycles. The Morgan fingerprint density at radius 3 is 2.71 bits per heavy atom. The average molecular weight is 244 g/mol. The summed E-state index contributed by atoms with van der Waals surface area (Å²) in [6.45, 7) is 9.98. The molecule has 102 valence electrons. The number of nitrogens with one attached hydrogen (secondary N) is 1. The van der Waals surface area contributed by atoms with Crippen molar-refractivity contribution in [2.75, 3.05) is 26.3 Å². The van der Waals surface area contributed by atoms with Gasteiger partial charge in [-0.15, -0.1) is 0 Å². The summed E-state index contributed by atoms with van der Waals surface area (Å²) in [6, 6.07) is 0.679. The fraction of sp³-hybridized carbons (Fsp3) is 1.00. The van der Waals surface area contributed by atoms with Crippen LogP contribution in [-0.2, 0) is 0 Å². The highest BCUT2D eigenvalue weighted by molar-refractivity contribution is 4.91. The minimum Gasteiger partial charge on any atom is -0.309 e. The van der Waals surface area contributed by atoms with E-state index in [9.17, 15) is 4.39 Å². The first-order valence-electron chi connectivity index (χ1n) is 7.14. The second-order valence-corrected chi connectivity index (χ2v) is 5.93. The number of hydrogen-bond donors (Lipinski definition) is 1. The van der Waals surface area contributed by atoms with Gasteiger partial charge in [0, 0.05) is 24.7 Å². The minimum atomic E-state index is -0.161. The Balaban J connectivity index is 2.37. The summed E-state index contributed by atoms with van der Waals surface area (Å²) in [5, 5.41) is 3.62. The van der Waals surface area contributed by atoms with E-state index in [-0.39, 0.29) is 12.2 Å². The van der Waals surface area contributed by atoms with Crippen LogP contribution in [0.1, 0.15) is 52.9 Å². The highest BCUT2D eigenvalue weighted by Crippen LogP contribution is 2.19. The van der Waals surface area contributed by atoms with E-state index < -0.39 is 0 Å². The summed E-state index contributed by atoms with van der Waals surface area (Å²) in [5.41, 5.74) is 0.227. The molecule has 0 bridgehead atoms. The van der Waals surface area contributed by atoms with Crippen molar-refractivity contribution >= 4 is 0 Å². The lowest BCUT2D eigenvalue weighted by Gasteiger charge is -2.45. The Hall–Kier alpha value is -0.150. The third-order valence-corrected chi connectivity index (χ3v) is 3.63. The van der Waals surface area contributed by atoms with Gasteiger partial charge in [0.25, 0.3) is 0 Å². The average Bonchev–Trinajstić information content (AvgIpc) is 2.27. The van der Waals surface area contributed by atoms with E-state index in [0.29, 0.717) is 6.04 Å². The van der Waals surface area contributed by atoms with E-state index in [0.717, 1.165) is 38.9 Å². The van der Waals surface area contributed by atoms with Gasteiger partial charge >= 0.3 is 0 Å². The summed E-state index contributed by atoms with van der Waals surface area (Å²) in [5.74, 6) is 0. The molecule has 1 aliphatic heterocycles. The molecule has 0 aliphatic carbocycles. The molecule has 1 atom stereocenters. The topological polar surface area (TPSA) is 15.3 Å². The maximum atomic E-state index is 12.1. The third-order valence-electron chi connectivity index (χ3n) is 3.63. The fourth-order valence-corrected chi connectivity index (χ4v) is 2.68. The van der Waals surface area contributed by atoms with Crippen molar-refractivity contribution in [3.8, 4) is 0 Å². The van der Waals surface area contributed by atoms with Crippen molar-refractivity contribution in [2.45, 2.75) is 64.5 Å². The summed E-state index contributed by atoms with van der Waals surface area (Å²) in [7, 11) is 0. The number of hydrogen-bond acceptors (Lipinski definition) is 2. The van der Waals surface area contributed by atoms with Crippen molar-refractivity contribution in [1.82, 2.24) is 10.2 Å². The Morgan fingerprint density at radius 2 is 2.06 bits per heavy atom. The normalized spacial score (nSPS) is 25.1. The fourth-order valence-electron chi connectivity index (χ4n) is 2.68. The van der Waals surface area contributed by atoms with Crippen molar-refractivity contribution in [2.24, 2.45) is 0 Å². The van der Waals surface area contributed by atoms with Crippen molar-refractivity contribution in [3.63, 3.8) is 0 Å². The lowest BCUT2D eigenvalue weighted by atomic mass is 9.96. The van der Waals surface area contributed by atoms with Crippen LogP contribution in [0.3, 0.4) is 0 Å². The van der Waals surface area contributed by atoms with E-state index >= 15 is 0 Å². The number of halogens is 1. The number of piperazine rings is 1. The molecule has 0 aromatic carbocycles. The molecule has 0 radical (unpaired) electrons. The van der Waals surface area contributed by atoms with Crippen LogP contribution in [0, 0.1) is 0 Å². The molecule has 0 amide bonds. The third kappa shape index (κ3) is 5.35. The van der Waals surface area contributed by atoms with Crippen LogP contribution in [-0.4, -0.2) is 42.8 Å². The molecule has 0 aromatic rings. The molecule has 2 nitrogen and oxygen atoms in total. The molecule has 1 heterocycles. The Morgan fingerprint density at radius 1 is 1.29 bits per heavy atom.